The minimum Gasteiger partial charge on any atom is -0.297 e. The van der Waals surface area contributed by atoms with E-state index < -0.39 is 10.8 Å². The van der Waals surface area contributed by atoms with E-state index in [0.29, 0.717) is 22.9 Å². The molecule has 1 unspecified atom stereocenters. The predicted molar refractivity (Wildman–Crippen MR) is 80.9 cm³/mol. The summed E-state index contributed by atoms with van der Waals surface area (Å²) < 4.78 is 0. The van der Waals surface area contributed by atoms with Crippen molar-refractivity contribution in [2.75, 3.05) is 0 Å². The van der Waals surface area contributed by atoms with Crippen LogP contribution in [0.3, 0.4) is 0 Å². The van der Waals surface area contributed by atoms with Crippen LogP contribution in [-0.2, 0) is 11.2 Å². The Morgan fingerprint density at radius 1 is 1.30 bits per heavy atom. The molecule has 0 spiro atoms. The van der Waals surface area contributed by atoms with E-state index in [2.05, 4.69) is 6.07 Å². The Morgan fingerprint density at radius 2 is 2.00 bits per heavy atom. The zero-order valence-electron chi connectivity index (χ0n) is 11.7. The highest BCUT2D eigenvalue weighted by molar-refractivity contribution is 6.35. The molecule has 1 aromatic carbocycles. The molecule has 0 bridgehead atoms. The molecule has 0 amide bonds. The highest BCUT2D eigenvalue weighted by Gasteiger charge is 2.49. The van der Waals surface area contributed by atoms with Crippen molar-refractivity contribution in [3.05, 3.63) is 33.8 Å². The number of carbonyl (C=O) groups is 1. The molecule has 0 heterocycles. The van der Waals surface area contributed by atoms with E-state index in [-0.39, 0.29) is 5.78 Å². The molecule has 0 radical (unpaired) electrons. The highest BCUT2D eigenvalue weighted by atomic mass is 35.5. The van der Waals surface area contributed by atoms with Crippen molar-refractivity contribution in [3.8, 4) is 6.07 Å². The SMILES string of the molecule is CC1(C)CCCC(C#N)(Cc2ccc(Cl)cc2Cl)C1=O. The molecule has 0 aliphatic heterocycles. The molecule has 4 heteroatoms. The molecule has 2 rings (SSSR count). The second-order valence-electron chi connectivity index (χ2n) is 6.17. The Labute approximate surface area is 129 Å². The van der Waals surface area contributed by atoms with Crippen LogP contribution >= 0.6 is 23.2 Å². The summed E-state index contributed by atoms with van der Waals surface area (Å²) in [7, 11) is 0. The van der Waals surface area contributed by atoms with Gasteiger partial charge in [-0.2, -0.15) is 5.26 Å². The van der Waals surface area contributed by atoms with Crippen LogP contribution in [0.5, 0.6) is 0 Å². The smallest absolute Gasteiger partial charge is 0.158 e. The number of carbonyl (C=O) groups excluding carboxylic acids is 1. The zero-order chi connectivity index (χ0) is 15.0. The summed E-state index contributed by atoms with van der Waals surface area (Å²) in [6, 6.07) is 7.47. The molecule has 0 N–H and O–H groups in total. The highest BCUT2D eigenvalue weighted by Crippen LogP contribution is 2.45. The predicted octanol–water partition coefficient (Wildman–Crippen LogP) is 4.83. The van der Waals surface area contributed by atoms with Gasteiger partial charge in [-0.1, -0.05) is 49.5 Å². The number of Topliss-reactive ketones (excluding diaryl/α,β-unsaturated/α-hetero) is 1. The van der Waals surface area contributed by atoms with Gasteiger partial charge in [0.2, 0.25) is 0 Å². The molecule has 1 atom stereocenters. The maximum atomic E-state index is 12.7. The van der Waals surface area contributed by atoms with Crippen LogP contribution in [0.1, 0.15) is 38.7 Å². The van der Waals surface area contributed by atoms with Crippen molar-refractivity contribution in [1.29, 1.82) is 5.26 Å². The first-order valence-corrected chi connectivity index (χ1v) is 7.46. The van der Waals surface area contributed by atoms with Crippen LogP contribution in [0, 0.1) is 22.2 Å². The Kier molecular flexibility index (Phi) is 4.14. The number of hydrogen-bond donors (Lipinski definition) is 0. The fourth-order valence-electron chi connectivity index (χ4n) is 3.01. The average Bonchev–Trinajstić information content (AvgIpc) is 2.38. The van der Waals surface area contributed by atoms with Crippen molar-refractivity contribution in [1.82, 2.24) is 0 Å². The van der Waals surface area contributed by atoms with Gasteiger partial charge < -0.3 is 0 Å². The van der Waals surface area contributed by atoms with Gasteiger partial charge in [0.25, 0.3) is 0 Å². The van der Waals surface area contributed by atoms with E-state index >= 15 is 0 Å². The molecule has 1 aliphatic rings. The van der Waals surface area contributed by atoms with Crippen LogP contribution < -0.4 is 0 Å². The first-order valence-electron chi connectivity index (χ1n) is 6.71. The minimum atomic E-state index is -0.959. The summed E-state index contributed by atoms with van der Waals surface area (Å²) in [6.07, 6.45) is 2.69. The first kappa shape index (κ1) is 15.4. The molecule has 1 fully saturated rings. The molecule has 106 valence electrons. The summed E-state index contributed by atoms with van der Waals surface area (Å²) in [6.45, 7) is 3.84. The van der Waals surface area contributed by atoms with Crippen molar-refractivity contribution in [2.24, 2.45) is 10.8 Å². The third kappa shape index (κ3) is 2.71. The molecule has 0 aromatic heterocycles. The summed E-state index contributed by atoms with van der Waals surface area (Å²) in [5.74, 6) is 0.0322. The van der Waals surface area contributed by atoms with E-state index in [1.165, 1.54) is 0 Å². The van der Waals surface area contributed by atoms with Crippen molar-refractivity contribution in [2.45, 2.75) is 39.5 Å². The summed E-state index contributed by atoms with van der Waals surface area (Å²) >= 11 is 12.1. The number of hydrogen-bond acceptors (Lipinski definition) is 2. The molecule has 20 heavy (non-hydrogen) atoms. The van der Waals surface area contributed by atoms with Crippen molar-refractivity contribution >= 4 is 29.0 Å². The number of nitriles is 1. The van der Waals surface area contributed by atoms with E-state index in [1.54, 1.807) is 18.2 Å². The maximum Gasteiger partial charge on any atom is 0.158 e. The average molecular weight is 310 g/mol. The van der Waals surface area contributed by atoms with Crippen molar-refractivity contribution in [3.63, 3.8) is 0 Å². The molecule has 1 saturated carbocycles. The first-order chi connectivity index (χ1) is 9.31. The molecule has 1 aliphatic carbocycles. The summed E-state index contributed by atoms with van der Waals surface area (Å²) in [4.78, 5) is 12.7. The fraction of sp³-hybridized carbons (Fsp3) is 0.500. The summed E-state index contributed by atoms with van der Waals surface area (Å²) in [5, 5.41) is 10.7. The van der Waals surface area contributed by atoms with Crippen LogP contribution in [0.25, 0.3) is 0 Å². The molecular formula is C16H17Cl2NO. The second-order valence-corrected chi connectivity index (χ2v) is 7.02. The number of rotatable bonds is 2. The van der Waals surface area contributed by atoms with Crippen LogP contribution in [0.15, 0.2) is 18.2 Å². The van der Waals surface area contributed by atoms with E-state index in [1.807, 2.05) is 13.8 Å². The normalized spacial score (nSPS) is 25.2. The molecule has 2 nitrogen and oxygen atoms in total. The van der Waals surface area contributed by atoms with Gasteiger partial charge in [0.15, 0.2) is 5.78 Å². The largest absolute Gasteiger partial charge is 0.297 e. The van der Waals surface area contributed by atoms with Crippen LogP contribution in [0.4, 0.5) is 0 Å². The number of ketones is 1. The quantitative estimate of drug-likeness (QED) is 0.785. The summed E-state index contributed by atoms with van der Waals surface area (Å²) in [5.41, 5.74) is -0.588. The maximum absolute atomic E-state index is 12.7. The number of halogens is 2. The van der Waals surface area contributed by atoms with E-state index in [9.17, 15) is 10.1 Å². The van der Waals surface area contributed by atoms with Gasteiger partial charge in [-0.25, -0.2) is 0 Å². The Hall–Kier alpha value is -1.04. The monoisotopic (exact) mass is 309 g/mol. The minimum absolute atomic E-state index is 0.0322. The lowest BCUT2D eigenvalue weighted by atomic mass is 9.61. The van der Waals surface area contributed by atoms with Gasteiger partial charge in [-0.15, -0.1) is 0 Å². The third-order valence-corrected chi connectivity index (χ3v) is 4.76. The van der Waals surface area contributed by atoms with Crippen LogP contribution in [-0.4, -0.2) is 5.78 Å². The lowest BCUT2D eigenvalue weighted by molar-refractivity contribution is -0.138. The lowest BCUT2D eigenvalue weighted by Crippen LogP contribution is -2.45. The Bertz CT molecular complexity index is 589. The second kappa shape index (κ2) is 5.39. The lowest BCUT2D eigenvalue weighted by Gasteiger charge is -2.39. The number of benzene rings is 1. The van der Waals surface area contributed by atoms with E-state index in [0.717, 1.165) is 18.4 Å². The Morgan fingerprint density at radius 3 is 2.60 bits per heavy atom. The van der Waals surface area contributed by atoms with Gasteiger partial charge in [0.05, 0.1) is 6.07 Å². The number of nitrogens with zero attached hydrogens (tertiary/aromatic N) is 1. The third-order valence-electron chi connectivity index (χ3n) is 4.18. The van der Waals surface area contributed by atoms with Gasteiger partial charge in [-0.05, 0) is 37.0 Å². The van der Waals surface area contributed by atoms with Crippen LogP contribution in [0.2, 0.25) is 10.0 Å². The van der Waals surface area contributed by atoms with Gasteiger partial charge in [0, 0.05) is 15.5 Å². The van der Waals surface area contributed by atoms with Gasteiger partial charge in [-0.3, -0.25) is 4.79 Å². The van der Waals surface area contributed by atoms with E-state index in [4.69, 9.17) is 23.2 Å². The zero-order valence-corrected chi connectivity index (χ0v) is 13.2. The molecule has 1 aromatic rings. The topological polar surface area (TPSA) is 40.9 Å². The molecule has 0 saturated heterocycles. The van der Waals surface area contributed by atoms with Gasteiger partial charge >= 0.3 is 0 Å². The Balaban J connectivity index is 2.38. The van der Waals surface area contributed by atoms with Gasteiger partial charge in [0.1, 0.15) is 5.41 Å². The standard InChI is InChI=1S/C16H17Cl2NO/c1-15(2)6-3-7-16(10-19,14(15)20)9-11-4-5-12(17)8-13(11)18/h4-5,8H,3,6-7,9H2,1-2H3. The fourth-order valence-corrected chi connectivity index (χ4v) is 3.49. The van der Waals surface area contributed by atoms with Crippen molar-refractivity contribution < 1.29 is 4.79 Å². The molecular weight excluding hydrogens is 293 g/mol.